The first-order valence-corrected chi connectivity index (χ1v) is 7.56. The fourth-order valence-electron chi connectivity index (χ4n) is 2.26. The number of hydrogen-bond acceptors (Lipinski definition) is 4. The van der Waals surface area contributed by atoms with Gasteiger partial charge in [0.15, 0.2) is 0 Å². The summed E-state index contributed by atoms with van der Waals surface area (Å²) in [6, 6.07) is 3.83. The van der Waals surface area contributed by atoms with Gasteiger partial charge in [-0.2, -0.15) is 0 Å². The normalized spacial score (nSPS) is 10.5. The molecule has 5 heteroatoms. The Labute approximate surface area is 129 Å². The number of thiophene rings is 1. The van der Waals surface area contributed by atoms with E-state index in [0.717, 1.165) is 32.3 Å². The van der Waals surface area contributed by atoms with Gasteiger partial charge in [0.1, 0.15) is 5.75 Å². The number of carbonyl (C=O) groups excluding carboxylic acids is 1. The Morgan fingerprint density at radius 1 is 1.33 bits per heavy atom. The van der Waals surface area contributed by atoms with Crippen LogP contribution in [-0.2, 0) is 6.54 Å². The number of rotatable bonds is 4. The fourth-order valence-corrected chi connectivity index (χ4v) is 3.13. The van der Waals surface area contributed by atoms with Gasteiger partial charge >= 0.3 is 0 Å². The summed E-state index contributed by atoms with van der Waals surface area (Å²) in [7, 11) is 3.45. The molecule has 0 unspecified atom stereocenters. The van der Waals surface area contributed by atoms with Gasteiger partial charge in [0, 0.05) is 29.2 Å². The number of pyridine rings is 1. The second kappa shape index (κ2) is 6.26. The maximum absolute atomic E-state index is 12.4. The predicted octanol–water partition coefficient (Wildman–Crippen LogP) is 3.35. The maximum Gasteiger partial charge on any atom is 0.264 e. The van der Waals surface area contributed by atoms with Crippen LogP contribution in [0.3, 0.4) is 0 Å². The first-order chi connectivity index (χ1) is 9.93. The van der Waals surface area contributed by atoms with E-state index in [1.807, 2.05) is 32.9 Å². The van der Waals surface area contributed by atoms with Gasteiger partial charge in [-0.3, -0.25) is 9.78 Å². The molecule has 0 atom stereocenters. The minimum Gasteiger partial charge on any atom is -0.496 e. The molecule has 0 saturated carbocycles. The van der Waals surface area contributed by atoms with E-state index < -0.39 is 0 Å². The molecule has 1 amide bonds. The Morgan fingerprint density at radius 3 is 2.62 bits per heavy atom. The fraction of sp³-hybridized carbons (Fsp3) is 0.375. The minimum absolute atomic E-state index is 0.0221. The number of ether oxygens (including phenoxy) is 1. The zero-order valence-corrected chi connectivity index (χ0v) is 13.9. The van der Waals surface area contributed by atoms with Gasteiger partial charge in [0.05, 0.1) is 24.2 Å². The van der Waals surface area contributed by atoms with Crippen LogP contribution < -0.4 is 4.74 Å². The molecular formula is C16H20N2O2S. The van der Waals surface area contributed by atoms with Crippen LogP contribution in [0.25, 0.3) is 0 Å². The average molecular weight is 304 g/mol. The molecule has 0 bridgehead atoms. The quantitative estimate of drug-likeness (QED) is 0.870. The van der Waals surface area contributed by atoms with E-state index in [0.29, 0.717) is 6.54 Å². The third-order valence-corrected chi connectivity index (χ3v) is 4.42. The molecule has 0 aliphatic rings. The van der Waals surface area contributed by atoms with E-state index in [2.05, 4.69) is 4.98 Å². The highest BCUT2D eigenvalue weighted by molar-refractivity contribution is 7.13. The van der Waals surface area contributed by atoms with Crippen molar-refractivity contribution in [3.05, 3.63) is 44.9 Å². The topological polar surface area (TPSA) is 42.4 Å². The highest BCUT2D eigenvalue weighted by Crippen LogP contribution is 2.25. The first kappa shape index (κ1) is 15.5. The number of nitrogens with zero attached hydrogens (tertiary/aromatic N) is 2. The Bertz CT molecular complexity index is 664. The zero-order valence-electron chi connectivity index (χ0n) is 13.1. The summed E-state index contributed by atoms with van der Waals surface area (Å²) < 4.78 is 5.41. The number of carbonyl (C=O) groups is 1. The standard InChI is InChI=1S/C16H20N2O2S/c1-10-8-17-13(12(3)15(10)20-5)9-18(4)16(19)14-7-6-11(2)21-14/h6-8H,9H2,1-5H3. The summed E-state index contributed by atoms with van der Waals surface area (Å²) in [5.41, 5.74) is 2.85. The van der Waals surface area contributed by atoms with Crippen molar-refractivity contribution in [2.45, 2.75) is 27.3 Å². The molecule has 0 spiro atoms. The lowest BCUT2D eigenvalue weighted by molar-refractivity contribution is 0.0788. The van der Waals surface area contributed by atoms with E-state index in [9.17, 15) is 4.79 Å². The maximum atomic E-state index is 12.4. The van der Waals surface area contributed by atoms with E-state index in [1.165, 1.54) is 11.3 Å². The van der Waals surface area contributed by atoms with E-state index in [-0.39, 0.29) is 5.91 Å². The van der Waals surface area contributed by atoms with Crippen LogP contribution in [0, 0.1) is 20.8 Å². The van der Waals surface area contributed by atoms with Crippen LogP contribution in [-0.4, -0.2) is 29.9 Å². The number of aromatic nitrogens is 1. The highest BCUT2D eigenvalue weighted by Gasteiger charge is 2.17. The Kier molecular flexibility index (Phi) is 4.63. The van der Waals surface area contributed by atoms with Crippen molar-refractivity contribution >= 4 is 17.2 Å². The second-order valence-electron chi connectivity index (χ2n) is 5.12. The lowest BCUT2D eigenvalue weighted by atomic mass is 10.1. The zero-order chi connectivity index (χ0) is 15.6. The summed E-state index contributed by atoms with van der Waals surface area (Å²) in [5.74, 6) is 0.863. The smallest absolute Gasteiger partial charge is 0.264 e. The molecule has 2 aromatic heterocycles. The van der Waals surface area contributed by atoms with Crippen molar-refractivity contribution in [1.29, 1.82) is 0 Å². The molecule has 112 valence electrons. The van der Waals surface area contributed by atoms with Crippen LogP contribution >= 0.6 is 11.3 Å². The monoisotopic (exact) mass is 304 g/mol. The Balaban J connectivity index is 2.20. The van der Waals surface area contributed by atoms with Crippen LogP contribution in [0.1, 0.15) is 31.4 Å². The summed E-state index contributed by atoms with van der Waals surface area (Å²) in [4.78, 5) is 20.4. The molecule has 0 aromatic carbocycles. The van der Waals surface area contributed by atoms with Crippen LogP contribution in [0.15, 0.2) is 18.3 Å². The van der Waals surface area contributed by atoms with Crippen LogP contribution in [0.2, 0.25) is 0 Å². The number of methoxy groups -OCH3 is 1. The van der Waals surface area contributed by atoms with Gasteiger partial charge in [-0.25, -0.2) is 0 Å². The SMILES string of the molecule is COc1c(C)cnc(CN(C)C(=O)c2ccc(C)s2)c1C. The number of amides is 1. The average Bonchev–Trinajstić information content (AvgIpc) is 2.88. The summed E-state index contributed by atoms with van der Waals surface area (Å²) >= 11 is 1.51. The summed E-state index contributed by atoms with van der Waals surface area (Å²) in [6.07, 6.45) is 1.79. The molecule has 2 heterocycles. The largest absolute Gasteiger partial charge is 0.496 e. The second-order valence-corrected chi connectivity index (χ2v) is 6.41. The van der Waals surface area contributed by atoms with Gasteiger partial charge in [-0.1, -0.05) is 0 Å². The van der Waals surface area contributed by atoms with Crippen molar-refractivity contribution in [3.8, 4) is 5.75 Å². The third kappa shape index (κ3) is 3.24. The molecule has 0 saturated heterocycles. The van der Waals surface area contributed by atoms with Crippen molar-refractivity contribution in [1.82, 2.24) is 9.88 Å². The molecule has 0 radical (unpaired) electrons. The molecule has 2 aromatic rings. The number of aryl methyl sites for hydroxylation is 2. The number of hydrogen-bond donors (Lipinski definition) is 0. The van der Waals surface area contributed by atoms with Crippen molar-refractivity contribution in [2.75, 3.05) is 14.2 Å². The minimum atomic E-state index is 0.0221. The summed E-state index contributed by atoms with van der Waals surface area (Å²) in [6.45, 7) is 6.41. The van der Waals surface area contributed by atoms with Crippen LogP contribution in [0.5, 0.6) is 5.75 Å². The molecule has 0 aliphatic heterocycles. The van der Waals surface area contributed by atoms with Crippen molar-refractivity contribution in [2.24, 2.45) is 0 Å². The lowest BCUT2D eigenvalue weighted by Crippen LogP contribution is -2.26. The predicted molar refractivity (Wildman–Crippen MR) is 85.1 cm³/mol. The molecule has 2 rings (SSSR count). The molecule has 4 nitrogen and oxygen atoms in total. The van der Waals surface area contributed by atoms with Gasteiger partial charge in [0.25, 0.3) is 5.91 Å². The molecular weight excluding hydrogens is 284 g/mol. The lowest BCUT2D eigenvalue weighted by Gasteiger charge is -2.18. The molecule has 0 fully saturated rings. The van der Waals surface area contributed by atoms with E-state index >= 15 is 0 Å². The Hall–Kier alpha value is -1.88. The van der Waals surface area contributed by atoms with Crippen molar-refractivity contribution in [3.63, 3.8) is 0 Å². The van der Waals surface area contributed by atoms with Gasteiger partial charge in [-0.05, 0) is 32.9 Å². The van der Waals surface area contributed by atoms with Gasteiger partial charge in [0.2, 0.25) is 0 Å². The van der Waals surface area contributed by atoms with E-state index in [1.54, 1.807) is 25.3 Å². The molecule has 0 N–H and O–H groups in total. The Morgan fingerprint density at radius 2 is 2.05 bits per heavy atom. The molecule has 21 heavy (non-hydrogen) atoms. The van der Waals surface area contributed by atoms with Gasteiger partial charge < -0.3 is 9.64 Å². The van der Waals surface area contributed by atoms with Crippen LogP contribution in [0.4, 0.5) is 0 Å². The molecule has 0 aliphatic carbocycles. The third-order valence-electron chi connectivity index (χ3n) is 3.43. The van der Waals surface area contributed by atoms with Gasteiger partial charge in [-0.15, -0.1) is 11.3 Å². The van der Waals surface area contributed by atoms with E-state index in [4.69, 9.17) is 4.74 Å². The highest BCUT2D eigenvalue weighted by atomic mass is 32.1. The first-order valence-electron chi connectivity index (χ1n) is 6.75. The summed E-state index contributed by atoms with van der Waals surface area (Å²) in [5, 5.41) is 0. The van der Waals surface area contributed by atoms with Crippen molar-refractivity contribution < 1.29 is 9.53 Å².